The zero-order valence-electron chi connectivity index (χ0n) is 24.2. The van der Waals surface area contributed by atoms with E-state index < -0.39 is 6.10 Å². The third-order valence-corrected chi connectivity index (χ3v) is 8.15. The Labute approximate surface area is 239 Å². The van der Waals surface area contributed by atoms with Gasteiger partial charge in [-0.2, -0.15) is 0 Å². The van der Waals surface area contributed by atoms with E-state index in [1.54, 1.807) is 7.05 Å². The second kappa shape index (κ2) is 12.4. The van der Waals surface area contributed by atoms with Gasteiger partial charge in [-0.3, -0.25) is 9.69 Å². The first-order valence-electron chi connectivity index (χ1n) is 14.5. The van der Waals surface area contributed by atoms with Crippen molar-refractivity contribution in [2.45, 2.75) is 51.3 Å². The van der Waals surface area contributed by atoms with Gasteiger partial charge in [0, 0.05) is 45.7 Å². The Bertz CT molecular complexity index is 1230. The number of fused-ring (bicyclic) bond motifs is 1. The number of carbonyl (C=O) groups excluding carboxylic acids is 1. The predicted molar refractivity (Wildman–Crippen MR) is 160 cm³/mol. The van der Waals surface area contributed by atoms with E-state index in [2.05, 4.69) is 78.8 Å². The fraction of sp³-hybridized carbons (Fsp3) is 0.441. The first-order chi connectivity index (χ1) is 19.3. The quantitative estimate of drug-likeness (QED) is 0.322. The molecule has 1 heterocycles. The minimum absolute atomic E-state index is 0.0696. The lowest BCUT2D eigenvalue weighted by Crippen LogP contribution is -2.38. The fourth-order valence-corrected chi connectivity index (χ4v) is 5.76. The van der Waals surface area contributed by atoms with Crippen LogP contribution >= 0.6 is 0 Å². The van der Waals surface area contributed by atoms with Gasteiger partial charge in [-0.05, 0) is 58.2 Å². The van der Waals surface area contributed by atoms with E-state index in [0.717, 1.165) is 36.2 Å². The van der Waals surface area contributed by atoms with Crippen molar-refractivity contribution in [1.29, 1.82) is 0 Å². The van der Waals surface area contributed by atoms with Crippen molar-refractivity contribution < 1.29 is 14.3 Å². The van der Waals surface area contributed by atoms with E-state index in [1.165, 1.54) is 24.2 Å². The molecule has 2 N–H and O–H groups in total. The molecule has 40 heavy (non-hydrogen) atoms. The molecule has 3 aromatic carbocycles. The molecule has 2 aliphatic rings. The van der Waals surface area contributed by atoms with Gasteiger partial charge in [-0.25, -0.2) is 0 Å². The molecule has 2 unspecified atom stereocenters. The van der Waals surface area contributed by atoms with Crippen molar-refractivity contribution in [2.24, 2.45) is 11.8 Å². The maximum Gasteiger partial charge on any atom is 0.261 e. The molecule has 6 heteroatoms. The van der Waals surface area contributed by atoms with Crippen LogP contribution in [0.2, 0.25) is 0 Å². The van der Waals surface area contributed by atoms with Gasteiger partial charge in [0.2, 0.25) is 0 Å². The molecule has 0 bridgehead atoms. The Balaban J connectivity index is 1.03. The van der Waals surface area contributed by atoms with Gasteiger partial charge >= 0.3 is 0 Å². The van der Waals surface area contributed by atoms with Gasteiger partial charge in [0.05, 0.1) is 0 Å². The third kappa shape index (κ3) is 7.23. The summed E-state index contributed by atoms with van der Waals surface area (Å²) in [5.74, 6) is 2.94. The van der Waals surface area contributed by atoms with Crippen molar-refractivity contribution in [3.05, 3.63) is 95.6 Å². The number of likely N-dealkylation sites (tertiary alicyclic amines) is 1. The summed E-state index contributed by atoms with van der Waals surface area (Å²) in [6.45, 7) is 11.4. The molecular weight excluding hydrogens is 498 g/mol. The third-order valence-electron chi connectivity index (χ3n) is 8.15. The lowest BCUT2D eigenvalue weighted by molar-refractivity contribution is -0.127. The molecule has 4 atom stereocenters. The summed E-state index contributed by atoms with van der Waals surface area (Å²) in [5.41, 5.74) is 3.72. The van der Waals surface area contributed by atoms with Crippen LogP contribution in [0.5, 0.6) is 11.5 Å². The summed E-state index contributed by atoms with van der Waals surface area (Å²) in [6.07, 6.45) is -0.128. The topological polar surface area (TPSA) is 62.8 Å². The van der Waals surface area contributed by atoms with Crippen LogP contribution in [0.4, 0.5) is 0 Å². The van der Waals surface area contributed by atoms with E-state index in [-0.39, 0.29) is 11.3 Å². The molecule has 1 saturated carbocycles. The first kappa shape index (κ1) is 28.2. The number of rotatable bonds is 12. The zero-order chi connectivity index (χ0) is 28.1. The highest BCUT2D eigenvalue weighted by Crippen LogP contribution is 2.45. The average Bonchev–Trinajstić information content (AvgIpc) is 3.40. The second-order valence-electron chi connectivity index (χ2n) is 12.2. The van der Waals surface area contributed by atoms with E-state index in [9.17, 15) is 4.79 Å². The number of likely N-dealkylation sites (N-methyl/N-ethyl adjacent to an activating group) is 1. The number of benzene rings is 3. The van der Waals surface area contributed by atoms with Crippen LogP contribution in [-0.4, -0.2) is 56.2 Å². The predicted octanol–water partition coefficient (Wildman–Crippen LogP) is 4.82. The number of carbonyl (C=O) groups is 1. The van der Waals surface area contributed by atoms with Crippen molar-refractivity contribution in [3.63, 3.8) is 0 Å². The van der Waals surface area contributed by atoms with Crippen molar-refractivity contribution in [1.82, 2.24) is 15.5 Å². The lowest BCUT2D eigenvalue weighted by atomic mass is 9.87. The number of ether oxygens (including phenoxy) is 2. The fourth-order valence-electron chi connectivity index (χ4n) is 5.76. The molecule has 1 aliphatic heterocycles. The van der Waals surface area contributed by atoms with E-state index in [4.69, 9.17) is 9.47 Å². The summed E-state index contributed by atoms with van der Waals surface area (Å²) in [5, 5.41) is 6.42. The molecule has 5 rings (SSSR count). The monoisotopic (exact) mass is 541 g/mol. The number of piperidine rings is 1. The lowest BCUT2D eigenvalue weighted by Gasteiger charge is -2.21. The highest BCUT2D eigenvalue weighted by Gasteiger charge is 2.55. The minimum atomic E-state index is -0.608. The van der Waals surface area contributed by atoms with Gasteiger partial charge in [0.1, 0.15) is 18.1 Å². The van der Waals surface area contributed by atoms with Crippen LogP contribution in [0, 0.1) is 11.8 Å². The molecule has 6 nitrogen and oxygen atoms in total. The Kier molecular flexibility index (Phi) is 8.77. The Morgan fingerprint density at radius 2 is 1.55 bits per heavy atom. The zero-order valence-corrected chi connectivity index (χ0v) is 24.2. The normalized spacial score (nSPS) is 20.9. The first-order valence-corrected chi connectivity index (χ1v) is 14.5. The summed E-state index contributed by atoms with van der Waals surface area (Å²) in [7, 11) is 1.64. The van der Waals surface area contributed by atoms with Crippen molar-refractivity contribution in [3.8, 4) is 11.5 Å². The highest BCUT2D eigenvalue weighted by atomic mass is 16.5. The van der Waals surface area contributed by atoms with Crippen LogP contribution in [0.1, 0.15) is 37.5 Å². The standard InChI is InChI=1S/C34H43N3O3/c1-34(2,3)26-12-16-28(17-13-26)40-31(33(38)35-4)20-24-10-14-27(15-11-24)39-19-18-36-32-29-22-37(23-30(29)32)21-25-8-6-5-7-9-25/h5-17,29-32,36H,18-23H2,1-4H3,(H,35,38)/t29-,30?,31-,32?/m0/s1. The maximum atomic E-state index is 12.6. The smallest absolute Gasteiger partial charge is 0.261 e. The Hall–Kier alpha value is -3.35. The number of amides is 1. The second-order valence-corrected chi connectivity index (χ2v) is 12.2. The molecule has 1 saturated heterocycles. The van der Waals surface area contributed by atoms with Gasteiger partial charge in [0.15, 0.2) is 6.10 Å². The van der Waals surface area contributed by atoms with E-state index in [1.807, 2.05) is 36.4 Å². The molecule has 0 spiro atoms. The van der Waals surface area contributed by atoms with E-state index in [0.29, 0.717) is 24.8 Å². The molecule has 3 aromatic rings. The molecule has 212 valence electrons. The number of nitrogens with one attached hydrogen (secondary N) is 2. The average molecular weight is 542 g/mol. The number of hydrogen-bond acceptors (Lipinski definition) is 5. The summed E-state index contributed by atoms with van der Waals surface area (Å²) >= 11 is 0. The Morgan fingerprint density at radius 1 is 0.900 bits per heavy atom. The highest BCUT2D eigenvalue weighted by molar-refractivity contribution is 5.81. The van der Waals surface area contributed by atoms with Crippen LogP contribution in [0.15, 0.2) is 78.9 Å². The Morgan fingerprint density at radius 3 is 2.17 bits per heavy atom. The molecule has 0 radical (unpaired) electrons. The van der Waals surface area contributed by atoms with Gasteiger partial charge in [0.25, 0.3) is 5.91 Å². The van der Waals surface area contributed by atoms with Gasteiger partial charge in [-0.1, -0.05) is 75.4 Å². The summed E-state index contributed by atoms with van der Waals surface area (Å²) in [4.78, 5) is 15.1. The SMILES string of the molecule is CNC(=O)[C@H](Cc1ccc(OCCNC2C3CN(Cc4ccccc4)C[C@@H]32)cc1)Oc1ccc(C(C)(C)C)cc1. The van der Waals surface area contributed by atoms with Crippen LogP contribution in [0.3, 0.4) is 0 Å². The summed E-state index contributed by atoms with van der Waals surface area (Å²) in [6, 6.07) is 27.3. The van der Waals surface area contributed by atoms with Gasteiger partial charge < -0.3 is 20.1 Å². The van der Waals surface area contributed by atoms with Crippen molar-refractivity contribution in [2.75, 3.05) is 33.3 Å². The van der Waals surface area contributed by atoms with Crippen LogP contribution < -0.4 is 20.1 Å². The largest absolute Gasteiger partial charge is 0.492 e. The molecule has 1 aliphatic carbocycles. The minimum Gasteiger partial charge on any atom is -0.492 e. The molecule has 2 fully saturated rings. The van der Waals surface area contributed by atoms with E-state index >= 15 is 0 Å². The summed E-state index contributed by atoms with van der Waals surface area (Å²) < 4.78 is 12.1. The number of hydrogen-bond donors (Lipinski definition) is 2. The molecule has 0 aromatic heterocycles. The van der Waals surface area contributed by atoms with Crippen LogP contribution in [-0.2, 0) is 23.2 Å². The molecule has 1 amide bonds. The van der Waals surface area contributed by atoms with Gasteiger partial charge in [-0.15, -0.1) is 0 Å². The van der Waals surface area contributed by atoms with Crippen molar-refractivity contribution >= 4 is 5.91 Å². The molecular formula is C34H43N3O3. The maximum absolute atomic E-state index is 12.6. The number of nitrogens with zero attached hydrogens (tertiary/aromatic N) is 1. The van der Waals surface area contributed by atoms with Crippen LogP contribution in [0.25, 0.3) is 0 Å².